The molecule has 1 atom stereocenters. The molecule has 2 fully saturated rings. The van der Waals surface area contributed by atoms with Crippen molar-refractivity contribution in [2.75, 3.05) is 39.3 Å². The van der Waals surface area contributed by atoms with Gasteiger partial charge in [0, 0.05) is 26.2 Å². The molecule has 0 aromatic heterocycles. The van der Waals surface area contributed by atoms with E-state index in [4.69, 9.17) is 4.74 Å². The van der Waals surface area contributed by atoms with Gasteiger partial charge >= 0.3 is 0 Å². The van der Waals surface area contributed by atoms with Crippen LogP contribution in [0, 0.1) is 12.8 Å². The van der Waals surface area contributed by atoms with Gasteiger partial charge in [-0.1, -0.05) is 29.8 Å². The van der Waals surface area contributed by atoms with E-state index in [9.17, 15) is 0 Å². The van der Waals surface area contributed by atoms with Gasteiger partial charge in [-0.3, -0.25) is 0 Å². The van der Waals surface area contributed by atoms with Crippen LogP contribution in [0.4, 0.5) is 0 Å². The molecule has 1 aromatic rings. The van der Waals surface area contributed by atoms with Crippen LogP contribution in [0.1, 0.15) is 36.8 Å². The molecular formula is C20H33ClN2O. The van der Waals surface area contributed by atoms with Crippen LogP contribution in [-0.4, -0.2) is 50.3 Å². The SMILES string of the molecule is Cc1ccc(CCN(CC2CCNCC2)CC2CCCO2)cc1.Cl. The summed E-state index contributed by atoms with van der Waals surface area (Å²) in [6, 6.07) is 9.02. The van der Waals surface area contributed by atoms with Crippen molar-refractivity contribution >= 4 is 12.4 Å². The Labute approximate surface area is 153 Å². The fourth-order valence-corrected chi connectivity index (χ4v) is 3.80. The Bertz CT molecular complexity index is 453. The standard InChI is InChI=1S/C20H32N2O.ClH/c1-17-4-6-18(7-5-17)10-13-22(16-20-3-2-14-23-20)15-19-8-11-21-12-9-19;/h4-7,19-21H,2-3,8-16H2,1H3;1H. The lowest BCUT2D eigenvalue weighted by molar-refractivity contribution is 0.0656. The molecule has 1 unspecified atom stereocenters. The minimum Gasteiger partial charge on any atom is -0.377 e. The smallest absolute Gasteiger partial charge is 0.0702 e. The van der Waals surface area contributed by atoms with Gasteiger partial charge in [0.2, 0.25) is 0 Å². The molecular weight excluding hydrogens is 320 g/mol. The number of aryl methyl sites for hydroxylation is 1. The predicted octanol–water partition coefficient (Wildman–Crippen LogP) is 3.44. The molecule has 2 saturated heterocycles. The minimum absolute atomic E-state index is 0. The third-order valence-corrected chi connectivity index (χ3v) is 5.30. The largest absolute Gasteiger partial charge is 0.377 e. The van der Waals surface area contributed by atoms with Crippen molar-refractivity contribution in [1.82, 2.24) is 10.2 Å². The Morgan fingerprint density at radius 2 is 1.83 bits per heavy atom. The van der Waals surface area contributed by atoms with Gasteiger partial charge in [-0.05, 0) is 63.6 Å². The lowest BCUT2D eigenvalue weighted by atomic mass is 9.97. The Kier molecular flexibility index (Phi) is 8.54. The van der Waals surface area contributed by atoms with E-state index in [2.05, 4.69) is 41.4 Å². The topological polar surface area (TPSA) is 24.5 Å². The van der Waals surface area contributed by atoms with Crippen LogP contribution < -0.4 is 5.32 Å². The van der Waals surface area contributed by atoms with E-state index >= 15 is 0 Å². The highest BCUT2D eigenvalue weighted by molar-refractivity contribution is 5.85. The number of benzene rings is 1. The molecule has 0 amide bonds. The highest BCUT2D eigenvalue weighted by atomic mass is 35.5. The van der Waals surface area contributed by atoms with Gasteiger partial charge < -0.3 is 15.0 Å². The molecule has 1 N–H and O–H groups in total. The van der Waals surface area contributed by atoms with Crippen molar-refractivity contribution in [1.29, 1.82) is 0 Å². The Hall–Kier alpha value is -0.610. The average Bonchev–Trinajstić information content (AvgIpc) is 3.08. The van der Waals surface area contributed by atoms with E-state index in [0.717, 1.165) is 32.0 Å². The van der Waals surface area contributed by atoms with Gasteiger partial charge in [0.25, 0.3) is 0 Å². The summed E-state index contributed by atoms with van der Waals surface area (Å²) in [6.07, 6.45) is 6.75. The summed E-state index contributed by atoms with van der Waals surface area (Å²) in [5.41, 5.74) is 2.80. The molecule has 0 bridgehead atoms. The quantitative estimate of drug-likeness (QED) is 0.813. The molecule has 1 aromatic carbocycles. The van der Waals surface area contributed by atoms with Crippen LogP contribution in [0.25, 0.3) is 0 Å². The summed E-state index contributed by atoms with van der Waals surface area (Å²) < 4.78 is 5.89. The molecule has 2 heterocycles. The first-order valence-electron chi connectivity index (χ1n) is 9.40. The number of nitrogens with zero attached hydrogens (tertiary/aromatic N) is 1. The molecule has 24 heavy (non-hydrogen) atoms. The van der Waals surface area contributed by atoms with Gasteiger partial charge in [0.05, 0.1) is 6.10 Å². The number of hydrogen-bond acceptors (Lipinski definition) is 3. The average molecular weight is 353 g/mol. The number of piperidine rings is 1. The molecule has 0 radical (unpaired) electrons. The molecule has 0 saturated carbocycles. The van der Waals surface area contributed by atoms with E-state index in [1.165, 1.54) is 56.4 Å². The Morgan fingerprint density at radius 1 is 1.08 bits per heavy atom. The maximum absolute atomic E-state index is 5.89. The van der Waals surface area contributed by atoms with Crippen LogP contribution in [0.5, 0.6) is 0 Å². The summed E-state index contributed by atoms with van der Waals surface area (Å²) in [6.45, 7) is 9.03. The number of nitrogens with one attached hydrogen (secondary N) is 1. The van der Waals surface area contributed by atoms with E-state index in [-0.39, 0.29) is 12.4 Å². The van der Waals surface area contributed by atoms with Crippen LogP contribution >= 0.6 is 12.4 Å². The fourth-order valence-electron chi connectivity index (χ4n) is 3.80. The Balaban J connectivity index is 0.00000208. The van der Waals surface area contributed by atoms with Gasteiger partial charge in [-0.15, -0.1) is 12.4 Å². The first-order valence-corrected chi connectivity index (χ1v) is 9.40. The van der Waals surface area contributed by atoms with Crippen LogP contribution in [0.3, 0.4) is 0 Å². The molecule has 3 rings (SSSR count). The van der Waals surface area contributed by atoms with Crippen molar-refractivity contribution in [3.63, 3.8) is 0 Å². The Morgan fingerprint density at radius 3 is 2.50 bits per heavy atom. The maximum atomic E-state index is 5.89. The number of rotatable bonds is 7. The molecule has 136 valence electrons. The second-order valence-corrected chi connectivity index (χ2v) is 7.32. The zero-order valence-corrected chi connectivity index (χ0v) is 15.8. The predicted molar refractivity (Wildman–Crippen MR) is 103 cm³/mol. The minimum atomic E-state index is 0. The fraction of sp³-hybridized carbons (Fsp3) is 0.700. The molecule has 0 spiro atoms. The zero-order valence-electron chi connectivity index (χ0n) is 15.0. The monoisotopic (exact) mass is 352 g/mol. The summed E-state index contributed by atoms with van der Waals surface area (Å²) in [5, 5.41) is 3.48. The van der Waals surface area contributed by atoms with Crippen molar-refractivity contribution in [2.24, 2.45) is 5.92 Å². The molecule has 2 aliphatic rings. The van der Waals surface area contributed by atoms with Crippen molar-refractivity contribution in [2.45, 2.75) is 45.1 Å². The van der Waals surface area contributed by atoms with E-state index < -0.39 is 0 Å². The summed E-state index contributed by atoms with van der Waals surface area (Å²) in [5.74, 6) is 0.857. The molecule has 0 aliphatic carbocycles. The van der Waals surface area contributed by atoms with Crippen LogP contribution in [-0.2, 0) is 11.2 Å². The summed E-state index contributed by atoms with van der Waals surface area (Å²) in [7, 11) is 0. The number of ether oxygens (including phenoxy) is 1. The lowest BCUT2D eigenvalue weighted by Crippen LogP contribution is -2.40. The zero-order chi connectivity index (χ0) is 15.9. The second-order valence-electron chi connectivity index (χ2n) is 7.32. The second kappa shape index (κ2) is 10.4. The lowest BCUT2D eigenvalue weighted by Gasteiger charge is -2.31. The molecule has 3 nitrogen and oxygen atoms in total. The van der Waals surface area contributed by atoms with Crippen LogP contribution in [0.2, 0.25) is 0 Å². The highest BCUT2D eigenvalue weighted by Gasteiger charge is 2.22. The molecule has 2 aliphatic heterocycles. The van der Waals surface area contributed by atoms with Gasteiger partial charge in [0.1, 0.15) is 0 Å². The van der Waals surface area contributed by atoms with Crippen molar-refractivity contribution in [3.05, 3.63) is 35.4 Å². The van der Waals surface area contributed by atoms with E-state index in [1.54, 1.807) is 0 Å². The van der Waals surface area contributed by atoms with E-state index in [0.29, 0.717) is 6.10 Å². The number of hydrogen-bond donors (Lipinski definition) is 1. The first-order chi connectivity index (χ1) is 11.3. The normalized spacial score (nSPS) is 21.8. The summed E-state index contributed by atoms with van der Waals surface area (Å²) >= 11 is 0. The highest BCUT2D eigenvalue weighted by Crippen LogP contribution is 2.18. The summed E-state index contributed by atoms with van der Waals surface area (Å²) in [4.78, 5) is 2.67. The van der Waals surface area contributed by atoms with Crippen LogP contribution in [0.15, 0.2) is 24.3 Å². The molecule has 4 heteroatoms. The van der Waals surface area contributed by atoms with E-state index in [1.807, 2.05) is 0 Å². The van der Waals surface area contributed by atoms with Gasteiger partial charge in [-0.2, -0.15) is 0 Å². The maximum Gasteiger partial charge on any atom is 0.0702 e. The van der Waals surface area contributed by atoms with Gasteiger partial charge in [-0.25, -0.2) is 0 Å². The third-order valence-electron chi connectivity index (χ3n) is 5.30. The van der Waals surface area contributed by atoms with Crippen molar-refractivity contribution in [3.8, 4) is 0 Å². The van der Waals surface area contributed by atoms with Gasteiger partial charge in [0.15, 0.2) is 0 Å². The first kappa shape index (κ1) is 19.7. The third kappa shape index (κ3) is 6.36. The number of halogens is 1. The van der Waals surface area contributed by atoms with Crippen molar-refractivity contribution < 1.29 is 4.74 Å².